The Hall–Kier alpha value is -0.830. The van der Waals surface area contributed by atoms with Gasteiger partial charge in [0.05, 0.1) is 5.92 Å². The lowest BCUT2D eigenvalue weighted by atomic mass is 9.77. The van der Waals surface area contributed by atoms with Gasteiger partial charge in [-0.1, -0.05) is 40.2 Å². The van der Waals surface area contributed by atoms with E-state index in [-0.39, 0.29) is 17.9 Å². The fraction of sp³-hybridized carbons (Fsp3) is 0.500. The molecule has 0 aliphatic heterocycles. The molecule has 2 rings (SSSR count). The number of nitrogens with one attached hydrogen (secondary N) is 1. The van der Waals surface area contributed by atoms with Crippen molar-refractivity contribution in [1.82, 2.24) is 5.32 Å². The molecule has 3 heteroatoms. The normalized spacial score (nSPS) is 19.1. The summed E-state index contributed by atoms with van der Waals surface area (Å²) in [7, 11) is 0. The lowest BCUT2D eigenvalue weighted by Crippen LogP contribution is -2.40. The SMILES string of the molecule is CC(CCCBr)NC(=O)C1Cc2ccccc21. The zero-order valence-corrected chi connectivity index (χ0v) is 11.7. The maximum atomic E-state index is 12.0. The maximum Gasteiger partial charge on any atom is 0.228 e. The summed E-state index contributed by atoms with van der Waals surface area (Å²) in [4.78, 5) is 12.0. The molecule has 0 spiro atoms. The standard InChI is InChI=1S/C14H18BrNO/c1-10(5-4-8-15)16-14(17)13-9-11-6-2-3-7-12(11)13/h2-3,6-7,10,13H,4-5,8-9H2,1H3,(H,16,17). The number of hydrogen-bond donors (Lipinski definition) is 1. The van der Waals surface area contributed by atoms with Crippen LogP contribution in [0.5, 0.6) is 0 Å². The van der Waals surface area contributed by atoms with E-state index in [0.29, 0.717) is 0 Å². The highest BCUT2D eigenvalue weighted by atomic mass is 79.9. The molecule has 0 saturated carbocycles. The van der Waals surface area contributed by atoms with E-state index in [9.17, 15) is 4.79 Å². The third-order valence-corrected chi connectivity index (χ3v) is 3.89. The number of carbonyl (C=O) groups is 1. The summed E-state index contributed by atoms with van der Waals surface area (Å²) in [5.41, 5.74) is 2.53. The molecule has 0 bridgehead atoms. The molecule has 0 heterocycles. The minimum absolute atomic E-state index is 0.0811. The van der Waals surface area contributed by atoms with E-state index in [1.807, 2.05) is 12.1 Å². The highest BCUT2D eigenvalue weighted by molar-refractivity contribution is 9.09. The van der Waals surface area contributed by atoms with Crippen molar-refractivity contribution < 1.29 is 4.79 Å². The second-order valence-electron chi connectivity index (χ2n) is 4.70. The Bertz CT molecular complexity index is 405. The molecular weight excluding hydrogens is 278 g/mol. The second kappa shape index (κ2) is 5.67. The summed E-state index contributed by atoms with van der Waals surface area (Å²) < 4.78 is 0. The molecule has 2 unspecified atom stereocenters. The van der Waals surface area contributed by atoms with Gasteiger partial charge in [-0.2, -0.15) is 0 Å². The van der Waals surface area contributed by atoms with Crippen molar-refractivity contribution in [2.45, 2.75) is 38.1 Å². The molecule has 0 radical (unpaired) electrons. The molecule has 92 valence electrons. The molecule has 17 heavy (non-hydrogen) atoms. The molecule has 0 saturated heterocycles. The smallest absolute Gasteiger partial charge is 0.228 e. The Balaban J connectivity index is 1.87. The summed E-state index contributed by atoms with van der Waals surface area (Å²) in [5.74, 6) is 0.267. The second-order valence-corrected chi connectivity index (χ2v) is 5.49. The van der Waals surface area contributed by atoms with Crippen LogP contribution in [0.4, 0.5) is 0 Å². The fourth-order valence-corrected chi connectivity index (χ4v) is 2.62. The van der Waals surface area contributed by atoms with Crippen molar-refractivity contribution >= 4 is 21.8 Å². The van der Waals surface area contributed by atoms with Crippen molar-refractivity contribution in [1.29, 1.82) is 0 Å². The monoisotopic (exact) mass is 295 g/mol. The molecule has 1 aliphatic carbocycles. The topological polar surface area (TPSA) is 29.1 Å². The molecule has 2 atom stereocenters. The van der Waals surface area contributed by atoms with E-state index in [1.165, 1.54) is 11.1 Å². The molecule has 1 amide bonds. The van der Waals surface area contributed by atoms with E-state index in [4.69, 9.17) is 0 Å². The van der Waals surface area contributed by atoms with Crippen LogP contribution in [0.1, 0.15) is 36.8 Å². The van der Waals surface area contributed by atoms with Gasteiger partial charge in [0, 0.05) is 11.4 Å². The van der Waals surface area contributed by atoms with Crippen LogP contribution in [-0.4, -0.2) is 17.3 Å². The fourth-order valence-electron chi connectivity index (χ4n) is 2.29. The molecule has 2 nitrogen and oxygen atoms in total. The molecule has 1 aromatic rings. The van der Waals surface area contributed by atoms with Gasteiger partial charge in [0.1, 0.15) is 0 Å². The van der Waals surface area contributed by atoms with Gasteiger partial charge in [-0.15, -0.1) is 0 Å². The van der Waals surface area contributed by atoms with Gasteiger partial charge in [0.15, 0.2) is 0 Å². The Morgan fingerprint density at radius 1 is 1.53 bits per heavy atom. The first-order chi connectivity index (χ1) is 8.22. The van der Waals surface area contributed by atoms with Gasteiger partial charge >= 0.3 is 0 Å². The van der Waals surface area contributed by atoms with Crippen LogP contribution in [0.3, 0.4) is 0 Å². The third kappa shape index (κ3) is 2.89. The van der Waals surface area contributed by atoms with Crippen molar-refractivity contribution in [2.24, 2.45) is 0 Å². The number of halogens is 1. The van der Waals surface area contributed by atoms with E-state index in [1.54, 1.807) is 0 Å². The number of alkyl halides is 1. The lowest BCUT2D eigenvalue weighted by molar-refractivity contribution is -0.123. The molecule has 1 aliphatic rings. The van der Waals surface area contributed by atoms with E-state index < -0.39 is 0 Å². The summed E-state index contributed by atoms with van der Waals surface area (Å²) in [6.45, 7) is 2.07. The highest BCUT2D eigenvalue weighted by Gasteiger charge is 2.31. The molecule has 0 fully saturated rings. The van der Waals surface area contributed by atoms with Crippen LogP contribution in [-0.2, 0) is 11.2 Å². The molecule has 1 N–H and O–H groups in total. The number of carbonyl (C=O) groups excluding carboxylic acids is 1. The largest absolute Gasteiger partial charge is 0.353 e. The first-order valence-corrected chi connectivity index (χ1v) is 7.28. The van der Waals surface area contributed by atoms with Crippen LogP contribution < -0.4 is 5.32 Å². The van der Waals surface area contributed by atoms with Crippen molar-refractivity contribution in [3.05, 3.63) is 35.4 Å². The van der Waals surface area contributed by atoms with Crippen LogP contribution in [0.2, 0.25) is 0 Å². The van der Waals surface area contributed by atoms with E-state index >= 15 is 0 Å². The number of fused-ring (bicyclic) bond motifs is 1. The van der Waals surface area contributed by atoms with E-state index in [0.717, 1.165) is 24.6 Å². The van der Waals surface area contributed by atoms with Gasteiger partial charge < -0.3 is 5.32 Å². The average Bonchev–Trinajstić information content (AvgIpc) is 2.28. The Morgan fingerprint density at radius 2 is 2.29 bits per heavy atom. The average molecular weight is 296 g/mol. The van der Waals surface area contributed by atoms with E-state index in [2.05, 4.69) is 40.3 Å². The molecule has 0 aromatic heterocycles. The van der Waals surface area contributed by atoms with Gasteiger partial charge in [0.25, 0.3) is 0 Å². The third-order valence-electron chi connectivity index (χ3n) is 3.33. The number of hydrogen-bond acceptors (Lipinski definition) is 1. The predicted octanol–water partition coefficient (Wildman–Crippen LogP) is 3.01. The van der Waals surface area contributed by atoms with Gasteiger partial charge in [-0.25, -0.2) is 0 Å². The number of benzene rings is 1. The zero-order valence-electron chi connectivity index (χ0n) is 10.1. The number of rotatable bonds is 5. The van der Waals surface area contributed by atoms with Crippen molar-refractivity contribution in [2.75, 3.05) is 5.33 Å². The van der Waals surface area contributed by atoms with Gasteiger partial charge in [-0.05, 0) is 37.3 Å². The van der Waals surface area contributed by atoms with Crippen LogP contribution >= 0.6 is 15.9 Å². The van der Waals surface area contributed by atoms with Crippen molar-refractivity contribution in [3.63, 3.8) is 0 Å². The molecule has 1 aromatic carbocycles. The molecular formula is C14H18BrNO. The first-order valence-electron chi connectivity index (χ1n) is 6.16. The van der Waals surface area contributed by atoms with Crippen LogP contribution in [0.25, 0.3) is 0 Å². The Kier molecular flexibility index (Phi) is 4.21. The summed E-state index contributed by atoms with van der Waals surface area (Å²) >= 11 is 3.41. The first kappa shape index (κ1) is 12.6. The van der Waals surface area contributed by atoms with Crippen LogP contribution in [0.15, 0.2) is 24.3 Å². The minimum Gasteiger partial charge on any atom is -0.353 e. The number of amides is 1. The van der Waals surface area contributed by atoms with Crippen molar-refractivity contribution in [3.8, 4) is 0 Å². The van der Waals surface area contributed by atoms with Gasteiger partial charge in [-0.3, -0.25) is 4.79 Å². The summed E-state index contributed by atoms with van der Waals surface area (Å²) in [5, 5.41) is 4.10. The summed E-state index contributed by atoms with van der Waals surface area (Å²) in [6, 6.07) is 8.48. The van der Waals surface area contributed by atoms with Crippen LogP contribution in [0, 0.1) is 0 Å². The Labute approximate surface area is 111 Å². The van der Waals surface area contributed by atoms with Gasteiger partial charge in [0.2, 0.25) is 5.91 Å². The Morgan fingerprint density at radius 3 is 3.00 bits per heavy atom. The maximum absolute atomic E-state index is 12.0. The lowest BCUT2D eigenvalue weighted by Gasteiger charge is -2.30. The highest BCUT2D eigenvalue weighted by Crippen LogP contribution is 2.34. The zero-order chi connectivity index (χ0) is 12.3. The minimum atomic E-state index is 0.0811. The quantitative estimate of drug-likeness (QED) is 0.832. The summed E-state index contributed by atoms with van der Waals surface area (Å²) in [6.07, 6.45) is 3.03. The predicted molar refractivity (Wildman–Crippen MR) is 73.5 cm³/mol.